The van der Waals surface area contributed by atoms with Crippen LogP contribution in [-0.2, 0) is 28.1 Å². The summed E-state index contributed by atoms with van der Waals surface area (Å²) in [6, 6.07) is 28.8. The van der Waals surface area contributed by atoms with Crippen molar-refractivity contribution in [1.29, 1.82) is 0 Å². The second-order valence-corrected chi connectivity index (χ2v) is 20.7. The van der Waals surface area contributed by atoms with Crippen molar-refractivity contribution in [2.45, 2.75) is 137 Å². The first-order chi connectivity index (χ1) is 23.2. The predicted molar refractivity (Wildman–Crippen MR) is 222 cm³/mol. The van der Waals surface area contributed by atoms with E-state index in [4.69, 9.17) is 0 Å². The maximum absolute atomic E-state index is 2.59. The average Bonchev–Trinajstić information content (AvgIpc) is 3.59. The molecule has 6 rings (SSSR count). The maximum atomic E-state index is 2.59. The molecular weight excluding hydrogens is 617 g/mol. The van der Waals surface area contributed by atoms with E-state index in [9.17, 15) is 0 Å². The molecule has 0 saturated heterocycles. The van der Waals surface area contributed by atoms with E-state index < -0.39 is 0 Å². The Labute approximate surface area is 307 Å². The van der Waals surface area contributed by atoms with Gasteiger partial charge in [-0.25, -0.2) is 0 Å². The molecule has 1 unspecified atom stereocenters. The highest BCUT2D eigenvalue weighted by atomic mass is 28.2. The molecule has 0 nitrogen and oxygen atoms in total. The Morgan fingerprint density at radius 1 is 0.560 bits per heavy atom. The van der Waals surface area contributed by atoms with Crippen molar-refractivity contribution in [2.75, 3.05) is 0 Å². The highest BCUT2D eigenvalue weighted by Gasteiger charge is 2.30. The predicted octanol–water partition coefficient (Wildman–Crippen LogP) is 13.8. The topological polar surface area (TPSA) is 0 Å². The van der Waals surface area contributed by atoms with Gasteiger partial charge in [-0.15, -0.1) is 0 Å². The molecule has 2 aliphatic rings. The summed E-state index contributed by atoms with van der Waals surface area (Å²) in [7, 11) is 0.707. The largest absolute Gasteiger partial charge is 0.111 e. The van der Waals surface area contributed by atoms with Crippen LogP contribution >= 0.6 is 0 Å². The Hall–Kier alpha value is -3.42. The molecule has 1 atom stereocenters. The van der Waals surface area contributed by atoms with E-state index in [1.807, 2.05) is 0 Å². The fourth-order valence-electron chi connectivity index (χ4n) is 7.63. The summed E-state index contributed by atoms with van der Waals surface area (Å²) in [5.41, 5.74) is 17.4. The molecule has 2 radical (unpaired) electrons. The lowest BCUT2D eigenvalue weighted by Gasteiger charge is -2.26. The van der Waals surface area contributed by atoms with Crippen molar-refractivity contribution in [3.05, 3.63) is 128 Å². The van der Waals surface area contributed by atoms with Crippen LogP contribution in [0.4, 0.5) is 0 Å². The van der Waals surface area contributed by atoms with Crippen LogP contribution in [0.25, 0.3) is 34.4 Å². The third-order valence-electron chi connectivity index (χ3n) is 10.9. The SMILES string of the molecule is CCCC1C([Si]C2=Cc3c(cccc3-c3cc(C(C)(C)C)cc(C(C)(C)C)c3)C2)=Cc2c(-c3cc(C(C)(C)C)cc(C(C)(C)C)c3)cccc21. The van der Waals surface area contributed by atoms with Gasteiger partial charge < -0.3 is 0 Å². The van der Waals surface area contributed by atoms with E-state index in [0.29, 0.717) is 15.4 Å². The van der Waals surface area contributed by atoms with E-state index in [2.05, 4.69) is 175 Å². The number of hydrogen-bond donors (Lipinski definition) is 0. The molecule has 0 N–H and O–H groups in total. The summed E-state index contributed by atoms with van der Waals surface area (Å²) in [6.07, 6.45) is 8.59. The van der Waals surface area contributed by atoms with Gasteiger partial charge in [0.25, 0.3) is 0 Å². The van der Waals surface area contributed by atoms with Gasteiger partial charge in [-0.3, -0.25) is 0 Å². The number of fused-ring (bicyclic) bond motifs is 2. The molecule has 0 aromatic heterocycles. The molecule has 0 spiro atoms. The van der Waals surface area contributed by atoms with Gasteiger partial charge in [0.2, 0.25) is 0 Å². The summed E-state index contributed by atoms with van der Waals surface area (Å²) in [4.78, 5) is 0. The zero-order valence-corrected chi connectivity index (χ0v) is 34.3. The zero-order chi connectivity index (χ0) is 36.4. The van der Waals surface area contributed by atoms with Crippen molar-refractivity contribution in [1.82, 2.24) is 0 Å². The smallest absolute Gasteiger partial charge is 0.0748 e. The van der Waals surface area contributed by atoms with Gasteiger partial charge in [0.15, 0.2) is 0 Å². The van der Waals surface area contributed by atoms with Crippen molar-refractivity contribution < 1.29 is 0 Å². The Balaban J connectivity index is 1.40. The third-order valence-corrected chi connectivity index (χ3v) is 12.3. The van der Waals surface area contributed by atoms with E-state index in [1.54, 1.807) is 10.4 Å². The number of hydrogen-bond acceptors (Lipinski definition) is 0. The monoisotopic (exact) mass is 676 g/mol. The zero-order valence-electron chi connectivity index (χ0n) is 33.3. The van der Waals surface area contributed by atoms with Crippen LogP contribution in [0.3, 0.4) is 0 Å². The van der Waals surface area contributed by atoms with Crippen LogP contribution in [0.15, 0.2) is 83.2 Å². The van der Waals surface area contributed by atoms with Crippen molar-refractivity contribution >= 4 is 21.7 Å². The summed E-state index contributed by atoms with van der Waals surface area (Å²) in [5, 5.41) is 3.18. The van der Waals surface area contributed by atoms with Gasteiger partial charge in [0.05, 0.1) is 0 Å². The van der Waals surface area contributed by atoms with Gasteiger partial charge in [-0.05, 0) is 101 Å². The van der Waals surface area contributed by atoms with Gasteiger partial charge in [0, 0.05) is 5.92 Å². The van der Waals surface area contributed by atoms with Gasteiger partial charge in [-0.2, -0.15) is 0 Å². The maximum Gasteiger partial charge on any atom is 0.111 e. The Bertz CT molecular complexity index is 1920. The highest BCUT2D eigenvalue weighted by Crippen LogP contribution is 2.46. The Morgan fingerprint density at radius 3 is 1.48 bits per heavy atom. The second-order valence-electron chi connectivity index (χ2n) is 19.2. The van der Waals surface area contributed by atoms with Crippen LogP contribution in [0.1, 0.15) is 153 Å². The van der Waals surface area contributed by atoms with Crippen LogP contribution in [0, 0.1) is 0 Å². The molecule has 50 heavy (non-hydrogen) atoms. The summed E-state index contributed by atoms with van der Waals surface area (Å²) < 4.78 is 0. The minimum Gasteiger partial charge on any atom is -0.0748 e. The average molecular weight is 677 g/mol. The first-order valence-electron chi connectivity index (χ1n) is 19.0. The summed E-state index contributed by atoms with van der Waals surface area (Å²) in [5.74, 6) is 0.489. The molecular formula is C49H60Si. The first kappa shape index (κ1) is 36.4. The minimum atomic E-state index is 0.0896. The van der Waals surface area contributed by atoms with E-state index in [1.165, 1.54) is 79.6 Å². The third kappa shape index (κ3) is 7.31. The van der Waals surface area contributed by atoms with Crippen molar-refractivity contribution in [3.8, 4) is 22.3 Å². The van der Waals surface area contributed by atoms with Gasteiger partial charge in [-0.1, -0.05) is 192 Å². The molecule has 0 bridgehead atoms. The van der Waals surface area contributed by atoms with E-state index >= 15 is 0 Å². The van der Waals surface area contributed by atoms with Crippen LogP contribution in [-0.4, -0.2) is 9.52 Å². The fourth-order valence-corrected chi connectivity index (χ4v) is 9.19. The lowest BCUT2D eigenvalue weighted by Crippen LogP contribution is -2.16. The number of rotatable bonds is 6. The second kappa shape index (κ2) is 13.0. The standard InChI is InChI=1S/C49H60Si/c1-14-17-42-41-21-16-20-40(33-24-36(48(8,9)10)28-37(25-33)49(11,12)13)44(41)30-45(42)50-38-26-31-18-15-19-39(43(31)29-38)32-22-34(46(2,3)4)27-35(23-32)47(5,6)7/h15-16,18-25,27-30,42H,14,17,26H2,1-13H3. The lowest BCUT2D eigenvalue weighted by molar-refractivity contribution is 0.568. The molecule has 2 aliphatic carbocycles. The highest BCUT2D eigenvalue weighted by molar-refractivity contribution is 6.57. The number of allylic oxidation sites excluding steroid dienone is 2. The Kier molecular flexibility index (Phi) is 9.43. The molecule has 0 fully saturated rings. The van der Waals surface area contributed by atoms with Crippen LogP contribution in [0.2, 0.25) is 0 Å². The normalized spacial score (nSPS) is 16.3. The quantitative estimate of drug-likeness (QED) is 0.178. The van der Waals surface area contributed by atoms with Crippen LogP contribution < -0.4 is 0 Å². The van der Waals surface area contributed by atoms with E-state index in [-0.39, 0.29) is 21.7 Å². The number of benzene rings is 4. The molecule has 0 aliphatic heterocycles. The van der Waals surface area contributed by atoms with Gasteiger partial charge in [0.1, 0.15) is 9.52 Å². The summed E-state index contributed by atoms with van der Waals surface area (Å²) in [6.45, 7) is 30.4. The lowest BCUT2D eigenvalue weighted by atomic mass is 9.78. The van der Waals surface area contributed by atoms with Crippen molar-refractivity contribution in [3.63, 3.8) is 0 Å². The van der Waals surface area contributed by atoms with E-state index in [0.717, 1.165) is 6.42 Å². The molecule has 0 amide bonds. The first-order valence-corrected chi connectivity index (χ1v) is 20.0. The molecule has 1 heteroatoms. The summed E-state index contributed by atoms with van der Waals surface area (Å²) >= 11 is 0. The molecule has 0 saturated carbocycles. The molecule has 260 valence electrons. The van der Waals surface area contributed by atoms with Gasteiger partial charge >= 0.3 is 0 Å². The Morgan fingerprint density at radius 2 is 1.02 bits per heavy atom. The molecule has 4 aromatic rings. The minimum absolute atomic E-state index is 0.0896. The van der Waals surface area contributed by atoms with Crippen LogP contribution in [0.5, 0.6) is 0 Å². The molecule has 0 heterocycles. The van der Waals surface area contributed by atoms with Crippen molar-refractivity contribution in [2.24, 2.45) is 0 Å². The molecule has 4 aromatic carbocycles. The fraction of sp³-hybridized carbons (Fsp3) is 0.429.